The molecular formula is C23H35N3O6S. The first-order valence-corrected chi connectivity index (χ1v) is 12.7. The number of ether oxygens (including phenoxy) is 1. The van der Waals surface area contributed by atoms with Crippen molar-refractivity contribution < 1.29 is 27.5 Å². The molecule has 10 heteroatoms. The zero-order chi connectivity index (χ0) is 24.8. The number of nitrogens with zero attached hydrogens (tertiary/aromatic N) is 2. The summed E-state index contributed by atoms with van der Waals surface area (Å²) in [5, 5.41) is 0. The van der Waals surface area contributed by atoms with Gasteiger partial charge in [-0.2, -0.15) is 0 Å². The van der Waals surface area contributed by atoms with Crippen LogP contribution in [0.1, 0.15) is 42.9 Å². The van der Waals surface area contributed by atoms with E-state index >= 15 is 0 Å². The number of amides is 2. The second kappa shape index (κ2) is 11.6. The van der Waals surface area contributed by atoms with Crippen molar-refractivity contribution in [3.8, 4) is 0 Å². The Balaban J connectivity index is 1.82. The van der Waals surface area contributed by atoms with E-state index < -0.39 is 10.0 Å². The number of hydrogen-bond acceptors (Lipinski definition) is 6. The lowest BCUT2D eigenvalue weighted by atomic mass is 9.97. The second-order valence-electron chi connectivity index (χ2n) is 8.53. The lowest BCUT2D eigenvalue weighted by Gasteiger charge is -2.32. The maximum absolute atomic E-state index is 12.7. The van der Waals surface area contributed by atoms with Crippen LogP contribution >= 0.6 is 0 Å². The fourth-order valence-corrected chi connectivity index (χ4v) is 5.64. The third kappa shape index (κ3) is 7.26. The Morgan fingerprint density at radius 3 is 2.24 bits per heavy atom. The number of benzene rings is 1. The van der Waals surface area contributed by atoms with Crippen LogP contribution in [0.3, 0.4) is 0 Å². The van der Waals surface area contributed by atoms with Gasteiger partial charge in [0.05, 0.1) is 24.0 Å². The summed E-state index contributed by atoms with van der Waals surface area (Å²) in [6, 6.07) is 3.61. The molecule has 0 aromatic heterocycles. The first-order chi connectivity index (χ1) is 15.5. The van der Waals surface area contributed by atoms with Gasteiger partial charge in [-0.25, -0.2) is 13.1 Å². The van der Waals surface area contributed by atoms with E-state index in [2.05, 4.69) is 4.72 Å². The first kappa shape index (κ1) is 26.8. The number of nitrogens with one attached hydrogen (secondary N) is 1. The highest BCUT2D eigenvalue weighted by atomic mass is 32.2. The summed E-state index contributed by atoms with van der Waals surface area (Å²) in [5.74, 6) is -0.943. The van der Waals surface area contributed by atoms with Gasteiger partial charge < -0.3 is 14.5 Å². The largest absolute Gasteiger partial charge is 0.466 e. The molecular weight excluding hydrogens is 446 g/mol. The van der Waals surface area contributed by atoms with Crippen LogP contribution in [0.15, 0.2) is 17.0 Å². The number of carbonyl (C=O) groups is 3. The van der Waals surface area contributed by atoms with Gasteiger partial charge in [-0.15, -0.1) is 0 Å². The van der Waals surface area contributed by atoms with Gasteiger partial charge in [0.25, 0.3) is 0 Å². The molecule has 0 unspecified atom stereocenters. The summed E-state index contributed by atoms with van der Waals surface area (Å²) in [4.78, 5) is 40.0. The fourth-order valence-electron chi connectivity index (χ4n) is 4.16. The van der Waals surface area contributed by atoms with Crippen LogP contribution in [0.25, 0.3) is 0 Å². The number of sulfonamides is 1. The molecule has 1 aromatic carbocycles. The summed E-state index contributed by atoms with van der Waals surface area (Å²) >= 11 is 0. The van der Waals surface area contributed by atoms with Crippen LogP contribution in [0.4, 0.5) is 0 Å². The predicted molar refractivity (Wildman–Crippen MR) is 124 cm³/mol. The van der Waals surface area contributed by atoms with E-state index in [1.165, 1.54) is 11.9 Å². The smallest absolute Gasteiger partial charge is 0.309 e. The van der Waals surface area contributed by atoms with Gasteiger partial charge in [-0.05, 0) is 51.7 Å². The predicted octanol–water partition coefficient (Wildman–Crippen LogP) is 1.54. The van der Waals surface area contributed by atoms with Crippen molar-refractivity contribution in [1.82, 2.24) is 14.5 Å². The van der Waals surface area contributed by atoms with Gasteiger partial charge >= 0.3 is 5.97 Å². The maximum Gasteiger partial charge on any atom is 0.309 e. The molecule has 1 saturated heterocycles. The van der Waals surface area contributed by atoms with Crippen LogP contribution in [0.2, 0.25) is 0 Å². The Hall–Kier alpha value is -2.46. The summed E-state index contributed by atoms with van der Waals surface area (Å²) in [6.07, 6.45) is 1.03. The highest BCUT2D eigenvalue weighted by Gasteiger charge is 2.29. The lowest BCUT2D eigenvalue weighted by molar-refractivity contribution is -0.151. The Kier molecular flexibility index (Phi) is 9.42. The molecule has 1 aromatic rings. The van der Waals surface area contributed by atoms with Crippen molar-refractivity contribution in [2.45, 2.75) is 51.9 Å². The van der Waals surface area contributed by atoms with E-state index in [9.17, 15) is 22.8 Å². The topological polar surface area (TPSA) is 113 Å². The summed E-state index contributed by atoms with van der Waals surface area (Å²) in [7, 11) is -2.23. The van der Waals surface area contributed by atoms with Crippen molar-refractivity contribution >= 4 is 27.8 Å². The van der Waals surface area contributed by atoms with Gasteiger partial charge in [0, 0.05) is 33.1 Å². The highest BCUT2D eigenvalue weighted by Crippen LogP contribution is 2.21. The molecule has 0 atom stereocenters. The van der Waals surface area contributed by atoms with Crippen LogP contribution < -0.4 is 4.72 Å². The molecule has 2 amide bonds. The molecule has 0 radical (unpaired) electrons. The average molecular weight is 482 g/mol. The van der Waals surface area contributed by atoms with Gasteiger partial charge in [0.15, 0.2) is 0 Å². The summed E-state index contributed by atoms with van der Waals surface area (Å²) < 4.78 is 32.9. The maximum atomic E-state index is 12.7. The summed E-state index contributed by atoms with van der Waals surface area (Å²) in [5.41, 5.74) is 2.29. The Bertz CT molecular complexity index is 961. The van der Waals surface area contributed by atoms with Crippen molar-refractivity contribution in [3.63, 3.8) is 0 Å². The molecule has 1 aliphatic rings. The zero-order valence-electron chi connectivity index (χ0n) is 20.1. The molecule has 2 rings (SSSR count). The monoisotopic (exact) mass is 481 g/mol. The molecule has 1 N–H and O–H groups in total. The van der Waals surface area contributed by atoms with E-state index in [1.807, 2.05) is 19.1 Å². The number of rotatable bonds is 9. The average Bonchev–Trinajstić information content (AvgIpc) is 2.72. The van der Waals surface area contributed by atoms with E-state index in [-0.39, 0.29) is 48.1 Å². The normalized spacial score (nSPS) is 14.8. The van der Waals surface area contributed by atoms with Crippen LogP contribution in [-0.4, -0.2) is 75.8 Å². The third-order valence-electron chi connectivity index (χ3n) is 5.77. The van der Waals surface area contributed by atoms with E-state index in [1.54, 1.807) is 25.7 Å². The third-order valence-corrected chi connectivity index (χ3v) is 7.54. The second-order valence-corrected chi connectivity index (χ2v) is 10.2. The minimum atomic E-state index is -3.75. The molecule has 0 aliphatic carbocycles. The molecule has 1 fully saturated rings. The molecule has 0 bridgehead atoms. The van der Waals surface area contributed by atoms with Crippen LogP contribution in [0.5, 0.6) is 0 Å². The Morgan fingerprint density at radius 1 is 1.12 bits per heavy atom. The van der Waals surface area contributed by atoms with Gasteiger partial charge in [-0.3, -0.25) is 14.4 Å². The van der Waals surface area contributed by atoms with Crippen LogP contribution in [-0.2, 0) is 29.1 Å². The van der Waals surface area contributed by atoms with Crippen molar-refractivity contribution in [2.24, 2.45) is 5.92 Å². The minimum Gasteiger partial charge on any atom is -0.466 e. The van der Waals surface area contributed by atoms with Gasteiger partial charge in [0.1, 0.15) is 0 Å². The number of aryl methyl sites for hydroxylation is 3. The SMILES string of the molecule is CCOC(=O)C1CCN(C(=O)CN(C)C(=O)CCNS(=O)(=O)c2c(C)cc(C)cc2C)CC1. The van der Waals surface area contributed by atoms with Gasteiger partial charge in [0.2, 0.25) is 21.8 Å². The molecule has 0 spiro atoms. The van der Waals surface area contributed by atoms with E-state index in [4.69, 9.17) is 4.74 Å². The lowest BCUT2D eigenvalue weighted by Crippen LogP contribution is -2.46. The van der Waals surface area contributed by atoms with Crippen molar-refractivity contribution in [1.29, 1.82) is 0 Å². The molecule has 184 valence electrons. The number of carbonyl (C=O) groups excluding carboxylic acids is 3. The fraction of sp³-hybridized carbons (Fsp3) is 0.609. The molecule has 0 saturated carbocycles. The summed E-state index contributed by atoms with van der Waals surface area (Å²) in [6.45, 7) is 8.23. The Labute approximate surface area is 196 Å². The first-order valence-electron chi connectivity index (χ1n) is 11.2. The van der Waals surface area contributed by atoms with E-state index in [0.717, 1.165) is 5.56 Å². The standard InChI is InChI=1S/C23H35N3O6S/c1-6-32-23(29)19-8-11-26(12-9-19)21(28)15-25(5)20(27)7-10-24-33(30,31)22-17(3)13-16(2)14-18(22)4/h13-14,19,24H,6-12,15H2,1-5H3. The zero-order valence-corrected chi connectivity index (χ0v) is 21.0. The number of piperidine rings is 1. The van der Waals surface area contributed by atoms with Crippen LogP contribution in [0, 0.1) is 26.7 Å². The highest BCUT2D eigenvalue weighted by molar-refractivity contribution is 7.89. The molecule has 1 aliphatic heterocycles. The minimum absolute atomic E-state index is 0.0576. The number of hydrogen-bond donors (Lipinski definition) is 1. The Morgan fingerprint density at radius 2 is 1.70 bits per heavy atom. The molecule has 1 heterocycles. The van der Waals surface area contributed by atoms with Gasteiger partial charge in [-0.1, -0.05) is 17.7 Å². The molecule has 33 heavy (non-hydrogen) atoms. The number of likely N-dealkylation sites (tertiary alicyclic amines) is 1. The van der Waals surface area contributed by atoms with E-state index in [0.29, 0.717) is 43.7 Å². The molecule has 9 nitrogen and oxygen atoms in total. The quantitative estimate of drug-likeness (QED) is 0.536. The number of likely N-dealkylation sites (N-methyl/N-ethyl adjacent to an activating group) is 1. The van der Waals surface area contributed by atoms with Crippen molar-refractivity contribution in [3.05, 3.63) is 28.8 Å². The number of esters is 1. The van der Waals surface area contributed by atoms with Crippen molar-refractivity contribution in [2.75, 3.05) is 39.8 Å².